The predicted octanol–water partition coefficient (Wildman–Crippen LogP) is 5.76. The largest absolute Gasteiger partial charge is 0.489 e. The average molecular weight is 551 g/mol. The van der Waals surface area contributed by atoms with E-state index in [0.717, 1.165) is 61.2 Å². The zero-order chi connectivity index (χ0) is 28.3. The molecule has 2 fully saturated rings. The number of hydrogen-bond donors (Lipinski definition) is 0. The molecule has 0 saturated carbocycles. The van der Waals surface area contributed by atoms with Crippen molar-refractivity contribution < 1.29 is 18.7 Å². The van der Waals surface area contributed by atoms with Gasteiger partial charge in [0.2, 0.25) is 0 Å². The Kier molecular flexibility index (Phi) is 7.73. The van der Waals surface area contributed by atoms with Crippen LogP contribution in [0.1, 0.15) is 42.6 Å². The summed E-state index contributed by atoms with van der Waals surface area (Å²) in [5, 5.41) is 9.84. The normalized spacial score (nSPS) is 16.7. The summed E-state index contributed by atoms with van der Waals surface area (Å²) in [6, 6.07) is 19.8. The lowest BCUT2D eigenvalue weighted by molar-refractivity contribution is 0.0254. The Morgan fingerprint density at radius 2 is 1.73 bits per heavy atom. The number of fused-ring (bicyclic) bond motifs is 1. The molecule has 2 saturated heterocycles. The van der Waals surface area contributed by atoms with E-state index >= 15 is 0 Å². The van der Waals surface area contributed by atoms with Crippen LogP contribution in [0.4, 0.5) is 0 Å². The van der Waals surface area contributed by atoms with E-state index in [4.69, 9.17) is 13.9 Å². The number of rotatable bonds is 6. The molecule has 0 N–H and O–H groups in total. The summed E-state index contributed by atoms with van der Waals surface area (Å²) >= 11 is 0. The maximum absolute atomic E-state index is 13.1. The quantitative estimate of drug-likeness (QED) is 0.302. The van der Waals surface area contributed by atoms with Crippen molar-refractivity contribution in [2.75, 3.05) is 39.4 Å². The Labute approximate surface area is 240 Å². The van der Waals surface area contributed by atoms with Crippen molar-refractivity contribution in [1.82, 2.24) is 14.8 Å². The van der Waals surface area contributed by atoms with Gasteiger partial charge in [0.05, 0.1) is 18.8 Å². The molecule has 0 spiro atoms. The van der Waals surface area contributed by atoms with E-state index in [9.17, 15) is 10.1 Å². The number of benzene rings is 2. The van der Waals surface area contributed by atoms with E-state index in [0.29, 0.717) is 47.5 Å². The smallest absolute Gasteiger partial charge is 0.253 e. The number of carbonyl (C=O) groups is 1. The molecule has 0 bridgehead atoms. The second-order valence-electron chi connectivity index (χ2n) is 10.9. The second-order valence-corrected chi connectivity index (χ2v) is 10.9. The van der Waals surface area contributed by atoms with Crippen molar-refractivity contribution in [2.45, 2.75) is 38.8 Å². The van der Waals surface area contributed by atoms with Gasteiger partial charge in [-0.15, -0.1) is 0 Å². The van der Waals surface area contributed by atoms with Gasteiger partial charge in [0.1, 0.15) is 29.2 Å². The van der Waals surface area contributed by atoms with E-state index in [2.05, 4.69) is 29.8 Å². The monoisotopic (exact) mass is 550 g/mol. The number of furan rings is 1. The summed E-state index contributed by atoms with van der Waals surface area (Å²) in [5.41, 5.74) is 5.10. The van der Waals surface area contributed by atoms with Gasteiger partial charge in [-0.05, 0) is 49.7 Å². The van der Waals surface area contributed by atoms with Gasteiger partial charge in [-0.25, -0.2) is 0 Å². The standard InChI is InChI=1S/C33H34N4O4/c1-22(2)36-13-15-37(16-14-36)33(38)24-5-3-23(4-6-24)31-20-29-32(41-31)28(9-12-35-29)25-7-8-30(26(19-25)21-34)40-27-10-17-39-18-11-27/h3-9,12,19-20,22,27H,10-11,13-18H2,1-2H3. The zero-order valence-corrected chi connectivity index (χ0v) is 23.5. The first-order valence-corrected chi connectivity index (χ1v) is 14.3. The highest BCUT2D eigenvalue weighted by atomic mass is 16.5. The number of piperazine rings is 1. The van der Waals surface area contributed by atoms with Crippen LogP contribution in [0.3, 0.4) is 0 Å². The third-order valence-electron chi connectivity index (χ3n) is 8.03. The van der Waals surface area contributed by atoms with Crippen molar-refractivity contribution in [3.8, 4) is 34.3 Å². The number of nitriles is 1. The fourth-order valence-electron chi connectivity index (χ4n) is 5.57. The number of hydrogen-bond acceptors (Lipinski definition) is 7. The fraction of sp³-hybridized carbons (Fsp3) is 0.364. The molecular weight excluding hydrogens is 516 g/mol. The summed E-state index contributed by atoms with van der Waals surface area (Å²) in [5.74, 6) is 1.32. The SMILES string of the molecule is CC(C)N1CCN(C(=O)c2ccc(-c3cc4nccc(-c5ccc(OC6CCOCC6)c(C#N)c5)c4o3)cc2)CC1. The Bertz CT molecular complexity index is 1570. The van der Waals surface area contributed by atoms with Gasteiger partial charge in [-0.1, -0.05) is 18.2 Å². The number of amides is 1. The highest BCUT2D eigenvalue weighted by molar-refractivity contribution is 5.95. The van der Waals surface area contributed by atoms with Crippen LogP contribution in [-0.4, -0.2) is 72.2 Å². The summed E-state index contributed by atoms with van der Waals surface area (Å²) in [4.78, 5) is 21.9. The summed E-state index contributed by atoms with van der Waals surface area (Å²) in [7, 11) is 0. The molecule has 0 aliphatic carbocycles. The van der Waals surface area contributed by atoms with Gasteiger partial charge in [0.15, 0.2) is 5.58 Å². The molecule has 8 nitrogen and oxygen atoms in total. The fourth-order valence-corrected chi connectivity index (χ4v) is 5.57. The molecule has 0 atom stereocenters. The van der Waals surface area contributed by atoms with Gasteiger partial charge < -0.3 is 18.8 Å². The number of pyridine rings is 1. The van der Waals surface area contributed by atoms with E-state index in [-0.39, 0.29) is 12.0 Å². The van der Waals surface area contributed by atoms with Crippen LogP contribution in [0.2, 0.25) is 0 Å². The summed E-state index contributed by atoms with van der Waals surface area (Å²) < 4.78 is 17.9. The van der Waals surface area contributed by atoms with Crippen LogP contribution in [-0.2, 0) is 4.74 Å². The van der Waals surface area contributed by atoms with Gasteiger partial charge >= 0.3 is 0 Å². The Morgan fingerprint density at radius 1 is 1.00 bits per heavy atom. The molecule has 1 amide bonds. The number of aromatic nitrogens is 1. The lowest BCUT2D eigenvalue weighted by Crippen LogP contribution is -2.50. The number of ether oxygens (including phenoxy) is 2. The summed E-state index contributed by atoms with van der Waals surface area (Å²) in [6.45, 7) is 9.02. The molecule has 8 heteroatoms. The van der Waals surface area contributed by atoms with Crippen molar-refractivity contribution >= 4 is 17.0 Å². The molecule has 0 radical (unpaired) electrons. The molecule has 0 unspecified atom stereocenters. The van der Waals surface area contributed by atoms with Crippen molar-refractivity contribution in [3.63, 3.8) is 0 Å². The lowest BCUT2D eigenvalue weighted by Gasteiger charge is -2.37. The van der Waals surface area contributed by atoms with E-state index in [1.165, 1.54) is 0 Å². The molecule has 4 heterocycles. The molecule has 2 aromatic heterocycles. The van der Waals surface area contributed by atoms with Crippen molar-refractivity contribution in [3.05, 3.63) is 71.9 Å². The third-order valence-corrected chi connectivity index (χ3v) is 8.03. The highest BCUT2D eigenvalue weighted by Gasteiger charge is 2.24. The molecule has 210 valence electrons. The van der Waals surface area contributed by atoms with Crippen molar-refractivity contribution in [1.29, 1.82) is 5.26 Å². The first-order valence-electron chi connectivity index (χ1n) is 14.3. The zero-order valence-electron chi connectivity index (χ0n) is 23.5. The molecule has 2 aromatic carbocycles. The molecule has 2 aliphatic heterocycles. The highest BCUT2D eigenvalue weighted by Crippen LogP contribution is 2.35. The number of carbonyl (C=O) groups excluding carboxylic acids is 1. The molecule has 4 aromatic rings. The minimum atomic E-state index is 0.0544. The Balaban J connectivity index is 1.22. The van der Waals surface area contributed by atoms with Crippen LogP contribution < -0.4 is 4.74 Å². The maximum atomic E-state index is 13.1. The van der Waals surface area contributed by atoms with Crippen molar-refractivity contribution in [2.24, 2.45) is 0 Å². The Morgan fingerprint density at radius 3 is 2.44 bits per heavy atom. The lowest BCUT2D eigenvalue weighted by atomic mass is 10.0. The molecule has 2 aliphatic rings. The van der Waals surface area contributed by atoms with Crippen LogP contribution >= 0.6 is 0 Å². The van der Waals surface area contributed by atoms with E-state index < -0.39 is 0 Å². The minimum absolute atomic E-state index is 0.0544. The number of nitrogens with zero attached hydrogens (tertiary/aromatic N) is 4. The average Bonchev–Trinajstić information content (AvgIpc) is 3.46. The van der Waals surface area contributed by atoms with E-state index in [1.807, 2.05) is 59.5 Å². The first kappa shape index (κ1) is 27.0. The summed E-state index contributed by atoms with van der Waals surface area (Å²) in [6.07, 6.45) is 3.43. The van der Waals surface area contributed by atoms with Gasteiger partial charge in [-0.3, -0.25) is 14.7 Å². The second kappa shape index (κ2) is 11.7. The van der Waals surface area contributed by atoms with Crippen LogP contribution in [0.5, 0.6) is 5.75 Å². The predicted molar refractivity (Wildman–Crippen MR) is 157 cm³/mol. The van der Waals surface area contributed by atoms with Crippen LogP contribution in [0.15, 0.2) is 65.2 Å². The third kappa shape index (κ3) is 5.69. The van der Waals surface area contributed by atoms with Crippen LogP contribution in [0.25, 0.3) is 33.6 Å². The minimum Gasteiger partial charge on any atom is -0.489 e. The van der Waals surface area contributed by atoms with Gasteiger partial charge in [0, 0.05) is 74.0 Å². The topological polar surface area (TPSA) is 91.8 Å². The first-order chi connectivity index (χ1) is 20.0. The Hall–Kier alpha value is -4.19. The van der Waals surface area contributed by atoms with E-state index in [1.54, 1.807) is 6.20 Å². The van der Waals surface area contributed by atoms with Gasteiger partial charge in [0.25, 0.3) is 5.91 Å². The van der Waals surface area contributed by atoms with Gasteiger partial charge in [-0.2, -0.15) is 5.26 Å². The molecule has 41 heavy (non-hydrogen) atoms. The van der Waals surface area contributed by atoms with Crippen LogP contribution in [0, 0.1) is 11.3 Å². The molecule has 6 rings (SSSR count). The maximum Gasteiger partial charge on any atom is 0.253 e. The molecular formula is C33H34N4O4.